The van der Waals surface area contributed by atoms with Gasteiger partial charge >= 0.3 is 0 Å². The summed E-state index contributed by atoms with van der Waals surface area (Å²) in [6.07, 6.45) is 0.942. The minimum absolute atomic E-state index is 0.111. The molecule has 0 saturated carbocycles. The Bertz CT molecular complexity index is 740. The third-order valence-corrected chi connectivity index (χ3v) is 4.30. The van der Waals surface area contributed by atoms with Gasteiger partial charge in [-0.3, -0.25) is 4.79 Å². The second-order valence-corrected chi connectivity index (χ2v) is 5.84. The summed E-state index contributed by atoms with van der Waals surface area (Å²) in [5.74, 6) is 0.987. The summed E-state index contributed by atoms with van der Waals surface area (Å²) in [5, 5.41) is 3.16. The van der Waals surface area contributed by atoms with Gasteiger partial charge in [0.05, 0.1) is 12.8 Å². The van der Waals surface area contributed by atoms with E-state index in [2.05, 4.69) is 28.4 Å². The Morgan fingerprint density at radius 3 is 2.70 bits per heavy atom. The molecule has 0 spiro atoms. The van der Waals surface area contributed by atoms with Crippen molar-refractivity contribution < 1.29 is 9.53 Å². The van der Waals surface area contributed by atoms with Crippen molar-refractivity contribution in [3.05, 3.63) is 53.1 Å². The van der Waals surface area contributed by atoms with E-state index in [4.69, 9.17) is 4.74 Å². The maximum absolute atomic E-state index is 11.6. The number of hydrogen-bond acceptors (Lipinski definition) is 4. The Balaban J connectivity index is 1.97. The molecule has 4 nitrogen and oxygen atoms in total. The molecular weight excluding hydrogens is 288 g/mol. The number of Topliss-reactive ketones (excluding diaryl/α,β-unsaturated/α-hetero) is 1. The molecule has 120 valence electrons. The van der Waals surface area contributed by atoms with Crippen LogP contribution < -0.4 is 15.0 Å². The quantitative estimate of drug-likeness (QED) is 0.860. The standard InChI is InChI=1S/C19H22N2O2/c1-13(22)15-5-7-17-16(11-15)8-9-21(17)18-6-4-14(12-20-2)10-19(18)23-3/h4-7,10-11,20H,8-9,12H2,1-3H3. The van der Waals surface area contributed by atoms with Crippen LogP contribution in [-0.2, 0) is 13.0 Å². The number of nitrogens with one attached hydrogen (secondary N) is 1. The van der Waals surface area contributed by atoms with Gasteiger partial charge in [0.25, 0.3) is 0 Å². The Morgan fingerprint density at radius 2 is 2.00 bits per heavy atom. The summed E-state index contributed by atoms with van der Waals surface area (Å²) in [6.45, 7) is 3.32. The fourth-order valence-electron chi connectivity index (χ4n) is 3.13. The number of methoxy groups -OCH3 is 1. The average molecular weight is 310 g/mol. The number of anilines is 2. The number of nitrogens with zero attached hydrogens (tertiary/aromatic N) is 1. The number of fused-ring (bicyclic) bond motifs is 1. The minimum atomic E-state index is 0.111. The molecule has 1 aliphatic rings. The molecule has 0 radical (unpaired) electrons. The predicted molar refractivity (Wildman–Crippen MR) is 92.9 cm³/mol. The first-order valence-corrected chi connectivity index (χ1v) is 7.87. The molecule has 0 atom stereocenters. The van der Waals surface area contributed by atoms with E-state index in [1.54, 1.807) is 14.0 Å². The molecule has 0 saturated heterocycles. The lowest BCUT2D eigenvalue weighted by atomic mass is 10.1. The highest BCUT2D eigenvalue weighted by atomic mass is 16.5. The summed E-state index contributed by atoms with van der Waals surface area (Å²) in [6, 6.07) is 12.3. The van der Waals surface area contributed by atoms with Crippen molar-refractivity contribution in [2.24, 2.45) is 0 Å². The maximum Gasteiger partial charge on any atom is 0.159 e. The Morgan fingerprint density at radius 1 is 1.22 bits per heavy atom. The van der Waals surface area contributed by atoms with E-state index in [1.807, 2.05) is 25.2 Å². The zero-order chi connectivity index (χ0) is 16.4. The lowest BCUT2D eigenvalue weighted by Gasteiger charge is -2.23. The first kappa shape index (κ1) is 15.6. The highest BCUT2D eigenvalue weighted by Gasteiger charge is 2.23. The number of rotatable bonds is 5. The second-order valence-electron chi connectivity index (χ2n) is 5.84. The van der Waals surface area contributed by atoms with Crippen LogP contribution in [-0.4, -0.2) is 26.5 Å². The minimum Gasteiger partial charge on any atom is -0.495 e. The number of ether oxygens (including phenoxy) is 1. The molecule has 0 unspecified atom stereocenters. The zero-order valence-electron chi connectivity index (χ0n) is 13.8. The normalized spacial score (nSPS) is 13.1. The number of carbonyl (C=O) groups excluding carboxylic acids is 1. The topological polar surface area (TPSA) is 41.6 Å². The van der Waals surface area contributed by atoms with Crippen molar-refractivity contribution in [2.75, 3.05) is 25.6 Å². The third kappa shape index (κ3) is 2.94. The van der Waals surface area contributed by atoms with Crippen molar-refractivity contribution in [3.8, 4) is 5.75 Å². The van der Waals surface area contributed by atoms with Gasteiger partial charge in [0.1, 0.15) is 5.75 Å². The second kappa shape index (κ2) is 6.42. The van der Waals surface area contributed by atoms with Crippen molar-refractivity contribution in [1.29, 1.82) is 0 Å². The molecule has 3 rings (SSSR count). The third-order valence-electron chi connectivity index (χ3n) is 4.30. The van der Waals surface area contributed by atoms with Gasteiger partial charge in [-0.2, -0.15) is 0 Å². The van der Waals surface area contributed by atoms with Gasteiger partial charge < -0.3 is 15.0 Å². The fourth-order valence-corrected chi connectivity index (χ4v) is 3.13. The molecule has 0 amide bonds. The van der Waals surface area contributed by atoms with Crippen LogP contribution in [0.1, 0.15) is 28.4 Å². The van der Waals surface area contributed by atoms with Gasteiger partial charge in [-0.15, -0.1) is 0 Å². The molecular formula is C19H22N2O2. The van der Waals surface area contributed by atoms with E-state index in [0.29, 0.717) is 0 Å². The van der Waals surface area contributed by atoms with Crippen LogP contribution in [0, 0.1) is 0 Å². The van der Waals surface area contributed by atoms with Gasteiger partial charge in [0, 0.05) is 24.3 Å². The molecule has 0 aromatic heterocycles. The van der Waals surface area contributed by atoms with Crippen LogP contribution in [0.15, 0.2) is 36.4 Å². The summed E-state index contributed by atoms with van der Waals surface area (Å²) in [4.78, 5) is 13.8. The van der Waals surface area contributed by atoms with Crippen LogP contribution in [0.2, 0.25) is 0 Å². The van der Waals surface area contributed by atoms with Gasteiger partial charge in [-0.25, -0.2) is 0 Å². The van der Waals surface area contributed by atoms with Gasteiger partial charge in [0.2, 0.25) is 0 Å². The fraction of sp³-hybridized carbons (Fsp3) is 0.316. The Labute approximate surface area is 137 Å². The van der Waals surface area contributed by atoms with E-state index >= 15 is 0 Å². The van der Waals surface area contributed by atoms with Crippen LogP contribution in [0.5, 0.6) is 5.75 Å². The van der Waals surface area contributed by atoms with Crippen LogP contribution >= 0.6 is 0 Å². The lowest BCUT2D eigenvalue weighted by molar-refractivity contribution is 0.101. The van der Waals surface area contributed by atoms with Crippen LogP contribution in [0.3, 0.4) is 0 Å². The number of ketones is 1. The molecule has 1 heterocycles. The summed E-state index contributed by atoms with van der Waals surface area (Å²) in [7, 11) is 3.64. The predicted octanol–water partition coefficient (Wildman–Crippen LogP) is 3.31. The number of benzene rings is 2. The molecule has 0 fully saturated rings. The van der Waals surface area contributed by atoms with E-state index < -0.39 is 0 Å². The molecule has 2 aromatic carbocycles. The summed E-state index contributed by atoms with van der Waals surface area (Å²) in [5.41, 5.74) is 5.43. The van der Waals surface area contributed by atoms with Gasteiger partial charge in [-0.05, 0) is 61.9 Å². The highest BCUT2D eigenvalue weighted by molar-refractivity contribution is 5.95. The smallest absolute Gasteiger partial charge is 0.159 e. The number of hydrogen-bond donors (Lipinski definition) is 1. The molecule has 23 heavy (non-hydrogen) atoms. The van der Waals surface area contributed by atoms with Crippen molar-refractivity contribution in [1.82, 2.24) is 5.32 Å². The average Bonchev–Trinajstić information content (AvgIpc) is 2.98. The first-order chi connectivity index (χ1) is 11.1. The van der Waals surface area contributed by atoms with Crippen molar-refractivity contribution in [2.45, 2.75) is 19.9 Å². The summed E-state index contributed by atoms with van der Waals surface area (Å²) >= 11 is 0. The molecule has 2 aromatic rings. The van der Waals surface area contributed by atoms with Gasteiger partial charge in [0.15, 0.2) is 5.78 Å². The largest absolute Gasteiger partial charge is 0.495 e. The molecule has 0 bridgehead atoms. The Hall–Kier alpha value is -2.33. The van der Waals surface area contributed by atoms with E-state index in [0.717, 1.165) is 42.2 Å². The Kier molecular flexibility index (Phi) is 4.35. The van der Waals surface area contributed by atoms with Crippen molar-refractivity contribution in [3.63, 3.8) is 0 Å². The van der Waals surface area contributed by atoms with E-state index in [1.165, 1.54) is 11.1 Å². The molecule has 4 heteroatoms. The SMILES string of the molecule is CNCc1ccc(N2CCc3cc(C(C)=O)ccc32)c(OC)c1. The highest BCUT2D eigenvalue weighted by Crippen LogP contribution is 2.40. The number of carbonyl (C=O) groups is 1. The lowest BCUT2D eigenvalue weighted by Crippen LogP contribution is -2.15. The van der Waals surface area contributed by atoms with E-state index in [-0.39, 0.29) is 5.78 Å². The zero-order valence-corrected chi connectivity index (χ0v) is 13.8. The molecule has 1 N–H and O–H groups in total. The van der Waals surface area contributed by atoms with E-state index in [9.17, 15) is 4.79 Å². The maximum atomic E-state index is 11.6. The van der Waals surface area contributed by atoms with Crippen molar-refractivity contribution >= 4 is 17.2 Å². The summed E-state index contributed by atoms with van der Waals surface area (Å²) < 4.78 is 5.60. The monoisotopic (exact) mass is 310 g/mol. The van der Waals surface area contributed by atoms with Gasteiger partial charge in [-0.1, -0.05) is 6.07 Å². The first-order valence-electron chi connectivity index (χ1n) is 7.87. The molecule has 1 aliphatic heterocycles. The molecule has 0 aliphatic carbocycles. The van der Waals surface area contributed by atoms with Crippen LogP contribution in [0.25, 0.3) is 0 Å². The van der Waals surface area contributed by atoms with Crippen LogP contribution in [0.4, 0.5) is 11.4 Å².